The van der Waals surface area contributed by atoms with Gasteiger partial charge in [-0.1, -0.05) is 6.07 Å². The van der Waals surface area contributed by atoms with Crippen LogP contribution in [0.15, 0.2) is 24.3 Å². The van der Waals surface area contributed by atoms with Crippen LogP contribution in [0.3, 0.4) is 0 Å². The van der Waals surface area contributed by atoms with Crippen LogP contribution in [0.1, 0.15) is 29.8 Å². The number of amides is 3. The lowest BCUT2D eigenvalue weighted by molar-refractivity contribution is -0.125. The first-order valence-electron chi connectivity index (χ1n) is 9.84. The second kappa shape index (κ2) is 9.68. The second-order valence-corrected chi connectivity index (χ2v) is 7.24. The van der Waals surface area contributed by atoms with Crippen molar-refractivity contribution in [2.75, 3.05) is 13.7 Å². The number of ether oxygens (including phenoxy) is 1. The van der Waals surface area contributed by atoms with Gasteiger partial charge in [-0.15, -0.1) is 12.3 Å². The van der Waals surface area contributed by atoms with Gasteiger partial charge in [-0.25, -0.2) is 0 Å². The zero-order valence-electron chi connectivity index (χ0n) is 17.0. The molecule has 3 amide bonds. The molecule has 0 aliphatic carbocycles. The molecule has 1 saturated heterocycles. The Hall–Kier alpha value is -3.98. The Balaban J connectivity index is 1.69. The number of carbonyl (C=O) groups excluding carboxylic acids is 3. The van der Waals surface area contributed by atoms with Crippen LogP contribution in [0, 0.1) is 29.6 Å². The third kappa shape index (κ3) is 4.96. The molecule has 160 valence electrons. The molecular formula is C22H23N5O4. The largest absolute Gasteiger partial charge is 0.496 e. The van der Waals surface area contributed by atoms with Crippen LogP contribution in [-0.4, -0.2) is 48.4 Å². The summed E-state index contributed by atoms with van der Waals surface area (Å²) in [7, 11) is 1.54. The maximum absolute atomic E-state index is 12.7. The number of aromatic amines is 1. The number of hydrogen-bond acceptors (Lipinski definition) is 5. The molecule has 9 heteroatoms. The topological polar surface area (TPSA) is 136 Å². The van der Waals surface area contributed by atoms with Gasteiger partial charge in [0.2, 0.25) is 11.8 Å². The average molecular weight is 421 g/mol. The lowest BCUT2D eigenvalue weighted by Gasteiger charge is -2.19. The maximum atomic E-state index is 12.7. The molecule has 9 nitrogen and oxygen atoms in total. The Morgan fingerprint density at radius 2 is 2.19 bits per heavy atom. The van der Waals surface area contributed by atoms with E-state index in [1.807, 2.05) is 6.07 Å². The first-order valence-corrected chi connectivity index (χ1v) is 9.84. The van der Waals surface area contributed by atoms with E-state index in [-0.39, 0.29) is 30.4 Å². The number of nitrogens with zero attached hydrogens (tertiary/aromatic N) is 1. The summed E-state index contributed by atoms with van der Waals surface area (Å²) in [6.07, 6.45) is 6.13. The Bertz CT molecular complexity index is 1080. The zero-order chi connectivity index (χ0) is 22.4. The highest BCUT2D eigenvalue weighted by Crippen LogP contribution is 2.26. The normalized spacial score (nSPS) is 17.1. The van der Waals surface area contributed by atoms with Crippen LogP contribution in [-0.2, 0) is 9.59 Å². The highest BCUT2D eigenvalue weighted by Gasteiger charge is 2.30. The number of terminal acetylenes is 1. The van der Waals surface area contributed by atoms with Crippen molar-refractivity contribution >= 4 is 28.6 Å². The fourth-order valence-electron chi connectivity index (χ4n) is 3.56. The van der Waals surface area contributed by atoms with Crippen molar-refractivity contribution in [1.82, 2.24) is 20.9 Å². The molecule has 3 atom stereocenters. The smallest absolute Gasteiger partial charge is 0.268 e. The third-order valence-electron chi connectivity index (χ3n) is 5.19. The number of benzene rings is 1. The molecule has 1 aromatic carbocycles. The summed E-state index contributed by atoms with van der Waals surface area (Å²) in [6, 6.07) is 7.10. The Kier molecular flexibility index (Phi) is 6.78. The first-order chi connectivity index (χ1) is 15.0. The predicted octanol–water partition coefficient (Wildman–Crippen LogP) is 0.833. The number of rotatable bonds is 8. The Morgan fingerprint density at radius 3 is 2.84 bits per heavy atom. The number of methoxy groups -OCH3 is 1. The van der Waals surface area contributed by atoms with Crippen molar-refractivity contribution in [2.24, 2.45) is 5.92 Å². The van der Waals surface area contributed by atoms with Crippen molar-refractivity contribution in [1.29, 1.82) is 5.26 Å². The van der Waals surface area contributed by atoms with Gasteiger partial charge in [-0.3, -0.25) is 14.4 Å². The van der Waals surface area contributed by atoms with Crippen molar-refractivity contribution in [3.63, 3.8) is 0 Å². The SMILES string of the molecule is C#CCC(NC(=O)c1cc2c(OC)cccc2[nH]1)C(=O)N[C@H](C#N)CC1CCNC1=O. The van der Waals surface area contributed by atoms with Gasteiger partial charge in [0.25, 0.3) is 5.91 Å². The summed E-state index contributed by atoms with van der Waals surface area (Å²) < 4.78 is 5.30. The van der Waals surface area contributed by atoms with E-state index in [1.54, 1.807) is 24.3 Å². The van der Waals surface area contributed by atoms with E-state index in [0.717, 1.165) is 5.39 Å². The number of hydrogen-bond donors (Lipinski definition) is 4. The van der Waals surface area contributed by atoms with Crippen LogP contribution in [0.5, 0.6) is 5.75 Å². The summed E-state index contributed by atoms with van der Waals surface area (Å²) in [4.78, 5) is 40.2. The maximum Gasteiger partial charge on any atom is 0.268 e. The van der Waals surface area contributed by atoms with Crippen molar-refractivity contribution in [2.45, 2.75) is 31.3 Å². The summed E-state index contributed by atoms with van der Waals surface area (Å²) >= 11 is 0. The van der Waals surface area contributed by atoms with Gasteiger partial charge in [0, 0.05) is 29.8 Å². The molecular weight excluding hydrogens is 398 g/mol. The number of aromatic nitrogens is 1. The van der Waals surface area contributed by atoms with E-state index in [4.69, 9.17) is 11.2 Å². The van der Waals surface area contributed by atoms with Gasteiger partial charge >= 0.3 is 0 Å². The number of H-pyrrole nitrogens is 1. The number of nitrogens with one attached hydrogen (secondary N) is 4. The van der Waals surface area contributed by atoms with Gasteiger partial charge in [-0.05, 0) is 31.0 Å². The van der Waals surface area contributed by atoms with Crippen LogP contribution in [0.25, 0.3) is 10.9 Å². The Morgan fingerprint density at radius 1 is 1.39 bits per heavy atom. The minimum absolute atomic E-state index is 0.0524. The standard InChI is InChI=1S/C22H23N5O4/c1-3-5-17(21(29)25-14(12-23)10-13-8-9-24-20(13)28)27-22(30)18-11-15-16(26-18)6-4-7-19(15)31-2/h1,4,6-7,11,13-14,17,26H,5,8-10H2,2H3,(H,24,28)(H,25,29)(H,27,30)/t13?,14-,17?/m0/s1. The van der Waals surface area contributed by atoms with E-state index in [2.05, 4.69) is 26.9 Å². The summed E-state index contributed by atoms with van der Waals surface area (Å²) in [5, 5.41) is 18.0. The number of carbonyl (C=O) groups is 3. The van der Waals surface area contributed by atoms with E-state index >= 15 is 0 Å². The molecule has 0 spiro atoms. The molecule has 1 aliphatic rings. The Labute approximate surface area is 179 Å². The van der Waals surface area contributed by atoms with Crippen LogP contribution in [0.2, 0.25) is 0 Å². The molecule has 3 rings (SSSR count). The van der Waals surface area contributed by atoms with Crippen LogP contribution in [0.4, 0.5) is 0 Å². The van der Waals surface area contributed by atoms with Gasteiger partial charge in [-0.2, -0.15) is 5.26 Å². The molecule has 0 saturated carbocycles. The molecule has 2 heterocycles. The zero-order valence-corrected chi connectivity index (χ0v) is 17.0. The number of fused-ring (bicyclic) bond motifs is 1. The molecule has 1 aromatic heterocycles. The van der Waals surface area contributed by atoms with E-state index < -0.39 is 23.9 Å². The quantitative estimate of drug-likeness (QED) is 0.468. The summed E-state index contributed by atoms with van der Waals surface area (Å²) in [5.74, 6) is 1.43. The minimum atomic E-state index is -1.03. The van der Waals surface area contributed by atoms with E-state index in [0.29, 0.717) is 24.2 Å². The fourth-order valence-corrected chi connectivity index (χ4v) is 3.56. The second-order valence-electron chi connectivity index (χ2n) is 7.24. The van der Waals surface area contributed by atoms with Crippen molar-refractivity contribution in [3.8, 4) is 24.2 Å². The highest BCUT2D eigenvalue weighted by molar-refractivity contribution is 6.01. The summed E-state index contributed by atoms with van der Waals surface area (Å²) in [6.45, 7) is 0.556. The van der Waals surface area contributed by atoms with Gasteiger partial charge < -0.3 is 25.7 Å². The molecule has 0 bridgehead atoms. The van der Waals surface area contributed by atoms with Gasteiger partial charge in [0.05, 0.1) is 13.2 Å². The molecule has 2 aromatic rings. The average Bonchev–Trinajstić information content (AvgIpc) is 3.38. The van der Waals surface area contributed by atoms with Crippen LogP contribution >= 0.6 is 0 Å². The lowest BCUT2D eigenvalue weighted by atomic mass is 9.99. The van der Waals surface area contributed by atoms with Crippen LogP contribution < -0.4 is 20.7 Å². The fraction of sp³-hybridized carbons (Fsp3) is 0.364. The molecule has 31 heavy (non-hydrogen) atoms. The molecule has 1 fully saturated rings. The first kappa shape index (κ1) is 21.7. The molecule has 2 unspecified atom stereocenters. The van der Waals surface area contributed by atoms with Gasteiger partial charge in [0.1, 0.15) is 23.5 Å². The van der Waals surface area contributed by atoms with Gasteiger partial charge in [0.15, 0.2) is 0 Å². The molecule has 1 aliphatic heterocycles. The van der Waals surface area contributed by atoms with Crippen molar-refractivity contribution < 1.29 is 19.1 Å². The van der Waals surface area contributed by atoms with Crippen molar-refractivity contribution in [3.05, 3.63) is 30.0 Å². The molecule has 0 radical (unpaired) electrons. The predicted molar refractivity (Wildman–Crippen MR) is 113 cm³/mol. The highest BCUT2D eigenvalue weighted by atomic mass is 16.5. The lowest BCUT2D eigenvalue weighted by Crippen LogP contribution is -2.49. The molecule has 4 N–H and O–H groups in total. The van der Waals surface area contributed by atoms with E-state index in [1.165, 1.54) is 7.11 Å². The third-order valence-corrected chi connectivity index (χ3v) is 5.19. The minimum Gasteiger partial charge on any atom is -0.496 e. The summed E-state index contributed by atoms with van der Waals surface area (Å²) in [5.41, 5.74) is 0.954. The number of nitriles is 1. The van der Waals surface area contributed by atoms with E-state index in [9.17, 15) is 19.6 Å². The monoisotopic (exact) mass is 421 g/mol.